The van der Waals surface area contributed by atoms with Crippen LogP contribution in [0, 0.1) is 0 Å². The van der Waals surface area contributed by atoms with Crippen molar-refractivity contribution >= 4 is 28.1 Å². The maximum Gasteiger partial charge on any atom is 0.273 e. The van der Waals surface area contributed by atoms with E-state index in [1.165, 1.54) is 11.3 Å². The largest absolute Gasteiger partial charge is 0.379 e. The minimum absolute atomic E-state index is 0.258. The molecule has 1 N–H and O–H groups in total. The van der Waals surface area contributed by atoms with Crippen LogP contribution in [0.5, 0.6) is 0 Å². The van der Waals surface area contributed by atoms with Crippen molar-refractivity contribution in [3.8, 4) is 0 Å². The number of amides is 1. The van der Waals surface area contributed by atoms with E-state index in [2.05, 4.69) is 27.6 Å². The van der Waals surface area contributed by atoms with Gasteiger partial charge in [-0.3, -0.25) is 10.1 Å². The molecule has 0 spiro atoms. The van der Waals surface area contributed by atoms with E-state index in [9.17, 15) is 4.79 Å². The lowest BCUT2D eigenvalue weighted by Crippen LogP contribution is -2.40. The van der Waals surface area contributed by atoms with E-state index in [0.29, 0.717) is 11.6 Å². The second-order valence-electron chi connectivity index (χ2n) is 5.61. The predicted octanol–water partition coefficient (Wildman–Crippen LogP) is 3.01. The summed E-state index contributed by atoms with van der Waals surface area (Å²) in [7, 11) is 0. The molecule has 0 saturated carbocycles. The van der Waals surface area contributed by atoms with Gasteiger partial charge in [0.1, 0.15) is 5.01 Å². The zero-order valence-corrected chi connectivity index (χ0v) is 13.9. The second-order valence-corrected chi connectivity index (χ2v) is 6.67. The van der Waals surface area contributed by atoms with E-state index in [1.807, 2.05) is 30.3 Å². The number of carbonyl (C=O) groups is 1. The fourth-order valence-electron chi connectivity index (χ4n) is 2.30. The molecule has 2 heterocycles. The van der Waals surface area contributed by atoms with Crippen molar-refractivity contribution in [3.63, 3.8) is 0 Å². The van der Waals surface area contributed by atoms with Crippen LogP contribution in [0.2, 0.25) is 0 Å². The molecule has 1 aliphatic rings. The number of benzene rings is 1. The van der Waals surface area contributed by atoms with Gasteiger partial charge in [-0.15, -0.1) is 10.2 Å². The molecule has 7 heteroatoms. The number of nitrogens with one attached hydrogen (secondary N) is 1. The van der Waals surface area contributed by atoms with Crippen molar-refractivity contribution in [2.75, 3.05) is 5.32 Å². The Morgan fingerprint density at radius 3 is 2.87 bits per heavy atom. The van der Waals surface area contributed by atoms with Crippen molar-refractivity contribution in [1.29, 1.82) is 0 Å². The molecule has 0 aliphatic carbocycles. The maximum atomic E-state index is 12.5. The SMILES string of the molecule is CCCc1nnc(NC(=O)[C@@]2(C)CC(c3ccccc3)=NO2)s1. The zero-order chi connectivity index (χ0) is 16.3. The standard InChI is InChI=1S/C16H18N4O2S/c1-3-7-13-18-19-15(23-13)17-14(21)16(2)10-12(20-22-16)11-8-5-4-6-9-11/h4-6,8-9H,3,7,10H2,1-2H3,(H,17,19,21)/t16-/m1/s1. The Bertz CT molecular complexity index is 729. The van der Waals surface area contributed by atoms with Gasteiger partial charge in [0, 0.05) is 12.8 Å². The van der Waals surface area contributed by atoms with Gasteiger partial charge in [0.15, 0.2) is 0 Å². The fourth-order valence-corrected chi connectivity index (χ4v) is 3.13. The molecule has 0 saturated heterocycles. The molecule has 3 rings (SSSR count). The molecule has 2 aromatic rings. The Balaban J connectivity index is 1.66. The van der Waals surface area contributed by atoms with Crippen LogP contribution in [0.1, 0.15) is 37.3 Å². The topological polar surface area (TPSA) is 76.5 Å². The third-order valence-corrected chi connectivity index (χ3v) is 4.50. The molecule has 1 aliphatic heterocycles. The number of carbonyl (C=O) groups excluding carboxylic acids is 1. The average Bonchev–Trinajstić information content (AvgIpc) is 3.16. The van der Waals surface area contributed by atoms with Crippen LogP contribution in [0.4, 0.5) is 5.13 Å². The average molecular weight is 330 g/mol. The lowest BCUT2D eigenvalue weighted by molar-refractivity contribution is -0.135. The number of rotatable bonds is 5. The van der Waals surface area contributed by atoms with E-state index in [-0.39, 0.29) is 5.91 Å². The molecule has 0 unspecified atom stereocenters. The predicted molar refractivity (Wildman–Crippen MR) is 89.6 cm³/mol. The first kappa shape index (κ1) is 15.6. The van der Waals surface area contributed by atoms with Gasteiger partial charge in [-0.25, -0.2) is 0 Å². The molecule has 0 fully saturated rings. The summed E-state index contributed by atoms with van der Waals surface area (Å²) in [5.74, 6) is -0.258. The molecular formula is C16H18N4O2S. The zero-order valence-electron chi connectivity index (χ0n) is 13.1. The van der Waals surface area contributed by atoms with Gasteiger partial charge in [-0.1, -0.05) is 53.7 Å². The summed E-state index contributed by atoms with van der Waals surface area (Å²) in [4.78, 5) is 17.9. The van der Waals surface area contributed by atoms with Crippen LogP contribution in [0.25, 0.3) is 0 Å². The summed E-state index contributed by atoms with van der Waals surface area (Å²) in [6.45, 7) is 3.81. The van der Waals surface area contributed by atoms with E-state index in [0.717, 1.165) is 29.1 Å². The van der Waals surface area contributed by atoms with Gasteiger partial charge in [0.2, 0.25) is 10.7 Å². The quantitative estimate of drug-likeness (QED) is 0.914. The molecule has 0 bridgehead atoms. The monoisotopic (exact) mass is 330 g/mol. The molecule has 23 heavy (non-hydrogen) atoms. The number of hydrogen-bond acceptors (Lipinski definition) is 6. The molecular weight excluding hydrogens is 312 g/mol. The van der Waals surface area contributed by atoms with Crippen LogP contribution in [0.15, 0.2) is 35.5 Å². The summed E-state index contributed by atoms with van der Waals surface area (Å²) < 4.78 is 0. The van der Waals surface area contributed by atoms with Gasteiger partial charge < -0.3 is 4.84 Å². The summed E-state index contributed by atoms with van der Waals surface area (Å²) >= 11 is 1.39. The lowest BCUT2D eigenvalue weighted by Gasteiger charge is -2.19. The van der Waals surface area contributed by atoms with Gasteiger partial charge in [0.05, 0.1) is 5.71 Å². The number of aryl methyl sites for hydroxylation is 1. The van der Waals surface area contributed by atoms with Crippen molar-refractivity contribution in [2.24, 2.45) is 5.16 Å². The van der Waals surface area contributed by atoms with Crippen molar-refractivity contribution in [1.82, 2.24) is 10.2 Å². The summed E-state index contributed by atoms with van der Waals surface area (Å²) in [5, 5.41) is 16.3. The molecule has 120 valence electrons. The van der Waals surface area contributed by atoms with Gasteiger partial charge >= 0.3 is 0 Å². The Labute approximate surface area is 138 Å². The Morgan fingerprint density at radius 2 is 2.13 bits per heavy atom. The summed E-state index contributed by atoms with van der Waals surface area (Å²) in [5.41, 5.74) is 0.708. The number of hydrogen-bond donors (Lipinski definition) is 1. The van der Waals surface area contributed by atoms with E-state index < -0.39 is 5.60 Å². The van der Waals surface area contributed by atoms with Gasteiger partial charge in [-0.05, 0) is 18.9 Å². The van der Waals surface area contributed by atoms with Gasteiger partial charge in [-0.2, -0.15) is 0 Å². The lowest BCUT2D eigenvalue weighted by atomic mass is 9.95. The first-order chi connectivity index (χ1) is 11.1. The molecule has 1 amide bonds. The number of anilines is 1. The minimum atomic E-state index is -1.03. The van der Waals surface area contributed by atoms with Gasteiger partial charge in [0.25, 0.3) is 5.91 Å². The minimum Gasteiger partial charge on any atom is -0.379 e. The highest BCUT2D eigenvalue weighted by Gasteiger charge is 2.42. The van der Waals surface area contributed by atoms with Crippen LogP contribution in [-0.4, -0.2) is 27.4 Å². The van der Waals surface area contributed by atoms with Crippen LogP contribution >= 0.6 is 11.3 Å². The first-order valence-electron chi connectivity index (χ1n) is 7.55. The molecule has 1 atom stereocenters. The Hall–Kier alpha value is -2.28. The number of oxime groups is 1. The van der Waals surface area contributed by atoms with E-state index in [4.69, 9.17) is 4.84 Å². The molecule has 0 radical (unpaired) electrons. The second kappa shape index (κ2) is 6.45. The summed E-state index contributed by atoms with van der Waals surface area (Å²) in [6, 6.07) is 9.71. The maximum absolute atomic E-state index is 12.5. The van der Waals surface area contributed by atoms with E-state index >= 15 is 0 Å². The fraction of sp³-hybridized carbons (Fsp3) is 0.375. The van der Waals surface area contributed by atoms with Crippen LogP contribution in [-0.2, 0) is 16.1 Å². The number of aromatic nitrogens is 2. The first-order valence-corrected chi connectivity index (χ1v) is 8.36. The Kier molecular flexibility index (Phi) is 4.38. The third kappa shape index (κ3) is 3.39. The van der Waals surface area contributed by atoms with Crippen molar-refractivity contribution in [2.45, 2.75) is 38.7 Å². The van der Waals surface area contributed by atoms with Crippen LogP contribution in [0.3, 0.4) is 0 Å². The third-order valence-electron chi connectivity index (χ3n) is 3.60. The normalized spacial score (nSPS) is 20.0. The molecule has 1 aromatic heterocycles. The van der Waals surface area contributed by atoms with Crippen molar-refractivity contribution < 1.29 is 9.63 Å². The Morgan fingerprint density at radius 1 is 1.35 bits per heavy atom. The highest BCUT2D eigenvalue weighted by molar-refractivity contribution is 7.15. The van der Waals surface area contributed by atoms with E-state index in [1.54, 1.807) is 6.92 Å². The number of nitrogens with zero attached hydrogens (tertiary/aromatic N) is 3. The van der Waals surface area contributed by atoms with Crippen molar-refractivity contribution in [3.05, 3.63) is 40.9 Å². The summed E-state index contributed by atoms with van der Waals surface area (Å²) in [6.07, 6.45) is 2.28. The molecule has 6 nitrogen and oxygen atoms in total. The van der Waals surface area contributed by atoms with Crippen LogP contribution < -0.4 is 5.32 Å². The highest BCUT2D eigenvalue weighted by Crippen LogP contribution is 2.28. The molecule has 1 aromatic carbocycles. The highest BCUT2D eigenvalue weighted by atomic mass is 32.1. The smallest absolute Gasteiger partial charge is 0.273 e.